The number of carbonyl (C=O) groups is 1. The van der Waals surface area contributed by atoms with Gasteiger partial charge in [-0.2, -0.15) is 0 Å². The van der Waals surface area contributed by atoms with E-state index in [-0.39, 0.29) is 5.91 Å². The molecule has 2 rings (SSSR count). The molecule has 0 radical (unpaired) electrons. The molecule has 0 aromatic carbocycles. The number of hydrogen-bond acceptors (Lipinski definition) is 4. The van der Waals surface area contributed by atoms with Crippen LogP contribution >= 0.6 is 24.0 Å². The summed E-state index contributed by atoms with van der Waals surface area (Å²) in [6.45, 7) is 5.26. The molecule has 1 aliphatic rings. The molecule has 1 saturated heterocycles. The lowest BCUT2D eigenvalue weighted by atomic mass is 10.2. The first-order chi connectivity index (χ1) is 8.61. The standard InChI is InChI=1S/C13H20N2OS2/c1-3-15-6-4-5-10(15)8-14(2)13(16)12-7-11(17)9-18-12/h7,9-10,17H,3-6,8H2,1-2H3. The van der Waals surface area contributed by atoms with Gasteiger partial charge in [0.1, 0.15) is 0 Å². The molecule has 1 atom stereocenters. The maximum absolute atomic E-state index is 12.2. The summed E-state index contributed by atoms with van der Waals surface area (Å²) >= 11 is 5.71. The van der Waals surface area contributed by atoms with E-state index in [0.29, 0.717) is 6.04 Å². The summed E-state index contributed by atoms with van der Waals surface area (Å²) in [7, 11) is 1.90. The third-order valence-electron chi connectivity index (χ3n) is 3.53. The zero-order valence-electron chi connectivity index (χ0n) is 10.9. The second-order valence-corrected chi connectivity index (χ2v) is 6.21. The highest BCUT2D eigenvalue weighted by molar-refractivity contribution is 7.80. The average molecular weight is 284 g/mol. The lowest BCUT2D eigenvalue weighted by Gasteiger charge is -2.27. The van der Waals surface area contributed by atoms with E-state index in [1.807, 2.05) is 23.4 Å². The van der Waals surface area contributed by atoms with Crippen LogP contribution in [0.5, 0.6) is 0 Å². The highest BCUT2D eigenvalue weighted by Gasteiger charge is 2.26. The second-order valence-electron chi connectivity index (χ2n) is 4.78. The molecule has 1 fully saturated rings. The van der Waals surface area contributed by atoms with Crippen molar-refractivity contribution in [3.05, 3.63) is 16.3 Å². The Labute approximate surface area is 118 Å². The maximum Gasteiger partial charge on any atom is 0.263 e. The Bertz CT molecular complexity index is 419. The molecule has 0 N–H and O–H groups in total. The van der Waals surface area contributed by atoms with Crippen LogP contribution in [0.4, 0.5) is 0 Å². The molecule has 0 bridgehead atoms. The molecule has 1 aromatic rings. The van der Waals surface area contributed by atoms with Gasteiger partial charge in [-0.25, -0.2) is 0 Å². The fraction of sp³-hybridized carbons (Fsp3) is 0.615. The van der Waals surface area contributed by atoms with E-state index in [0.717, 1.165) is 22.9 Å². The Morgan fingerprint density at radius 1 is 1.67 bits per heavy atom. The van der Waals surface area contributed by atoms with Gasteiger partial charge in [-0.15, -0.1) is 24.0 Å². The minimum Gasteiger partial charge on any atom is -0.339 e. The quantitative estimate of drug-likeness (QED) is 0.859. The summed E-state index contributed by atoms with van der Waals surface area (Å²) in [5.41, 5.74) is 0. The van der Waals surface area contributed by atoms with Crippen molar-refractivity contribution in [1.82, 2.24) is 9.80 Å². The monoisotopic (exact) mass is 284 g/mol. The van der Waals surface area contributed by atoms with Gasteiger partial charge in [-0.1, -0.05) is 6.92 Å². The van der Waals surface area contributed by atoms with Crippen LogP contribution < -0.4 is 0 Å². The van der Waals surface area contributed by atoms with Crippen LogP contribution in [0, 0.1) is 0 Å². The van der Waals surface area contributed by atoms with Crippen molar-refractivity contribution in [3.8, 4) is 0 Å². The maximum atomic E-state index is 12.2. The molecule has 0 aliphatic carbocycles. The van der Waals surface area contributed by atoms with Crippen LogP contribution in [0.15, 0.2) is 16.3 Å². The van der Waals surface area contributed by atoms with E-state index in [2.05, 4.69) is 24.5 Å². The van der Waals surface area contributed by atoms with Crippen LogP contribution in [-0.2, 0) is 0 Å². The second kappa shape index (κ2) is 6.08. The third kappa shape index (κ3) is 3.08. The number of rotatable bonds is 4. The number of carbonyl (C=O) groups excluding carboxylic acids is 1. The number of thiol groups is 1. The molecular weight excluding hydrogens is 264 g/mol. The van der Waals surface area contributed by atoms with Gasteiger partial charge in [0, 0.05) is 29.9 Å². The van der Waals surface area contributed by atoms with E-state index < -0.39 is 0 Å². The van der Waals surface area contributed by atoms with Gasteiger partial charge in [-0.05, 0) is 32.0 Å². The van der Waals surface area contributed by atoms with E-state index >= 15 is 0 Å². The van der Waals surface area contributed by atoms with Crippen LogP contribution in [0.1, 0.15) is 29.4 Å². The normalized spacial score (nSPS) is 20.3. The Morgan fingerprint density at radius 3 is 3.06 bits per heavy atom. The topological polar surface area (TPSA) is 23.6 Å². The molecule has 3 nitrogen and oxygen atoms in total. The zero-order valence-corrected chi connectivity index (χ0v) is 12.6. The zero-order chi connectivity index (χ0) is 13.1. The molecule has 2 heterocycles. The lowest BCUT2D eigenvalue weighted by molar-refractivity contribution is 0.0759. The number of likely N-dealkylation sites (tertiary alicyclic amines) is 1. The van der Waals surface area contributed by atoms with E-state index in [1.165, 1.54) is 30.7 Å². The van der Waals surface area contributed by atoms with Gasteiger partial charge in [-0.3, -0.25) is 9.69 Å². The minimum atomic E-state index is 0.114. The number of amides is 1. The summed E-state index contributed by atoms with van der Waals surface area (Å²) in [6, 6.07) is 2.37. The molecular formula is C13H20N2OS2. The molecule has 0 spiro atoms. The highest BCUT2D eigenvalue weighted by atomic mass is 32.1. The van der Waals surface area contributed by atoms with Crippen molar-refractivity contribution in [2.24, 2.45) is 0 Å². The van der Waals surface area contributed by atoms with Crippen LogP contribution in [0.25, 0.3) is 0 Å². The number of hydrogen-bond donors (Lipinski definition) is 1. The predicted octanol–water partition coefficient (Wildman–Crippen LogP) is 2.59. The Balaban J connectivity index is 1.95. The smallest absolute Gasteiger partial charge is 0.263 e. The van der Waals surface area contributed by atoms with Crippen molar-refractivity contribution < 1.29 is 4.79 Å². The fourth-order valence-electron chi connectivity index (χ4n) is 2.54. The molecule has 1 amide bonds. The first-order valence-electron chi connectivity index (χ1n) is 6.38. The lowest BCUT2D eigenvalue weighted by Crippen LogP contribution is -2.40. The summed E-state index contributed by atoms with van der Waals surface area (Å²) in [6.07, 6.45) is 2.45. The molecule has 1 aliphatic heterocycles. The Hall–Kier alpha value is -0.520. The molecule has 18 heavy (non-hydrogen) atoms. The number of thiophene rings is 1. The summed E-state index contributed by atoms with van der Waals surface area (Å²) in [5, 5.41) is 1.90. The van der Waals surface area contributed by atoms with E-state index in [4.69, 9.17) is 0 Å². The Morgan fingerprint density at radius 2 is 2.44 bits per heavy atom. The van der Waals surface area contributed by atoms with Crippen molar-refractivity contribution >= 4 is 29.9 Å². The number of nitrogens with zero attached hydrogens (tertiary/aromatic N) is 2. The largest absolute Gasteiger partial charge is 0.339 e. The van der Waals surface area contributed by atoms with Crippen molar-refractivity contribution in [2.75, 3.05) is 26.7 Å². The predicted molar refractivity (Wildman–Crippen MR) is 78.8 cm³/mol. The van der Waals surface area contributed by atoms with Crippen molar-refractivity contribution in [2.45, 2.75) is 30.7 Å². The van der Waals surface area contributed by atoms with Crippen molar-refractivity contribution in [1.29, 1.82) is 0 Å². The molecule has 100 valence electrons. The van der Waals surface area contributed by atoms with Gasteiger partial charge >= 0.3 is 0 Å². The fourth-order valence-corrected chi connectivity index (χ4v) is 3.69. The summed E-state index contributed by atoms with van der Waals surface area (Å²) < 4.78 is 0. The SMILES string of the molecule is CCN1CCCC1CN(C)C(=O)c1cc(S)cs1. The van der Waals surface area contributed by atoms with Gasteiger partial charge < -0.3 is 4.90 Å². The van der Waals surface area contributed by atoms with Gasteiger partial charge in [0.2, 0.25) is 0 Å². The Kier molecular flexibility index (Phi) is 4.70. The average Bonchev–Trinajstić information content (AvgIpc) is 2.96. The minimum absolute atomic E-state index is 0.114. The highest BCUT2D eigenvalue weighted by Crippen LogP contribution is 2.21. The molecule has 1 aromatic heterocycles. The van der Waals surface area contributed by atoms with Gasteiger partial charge in [0.25, 0.3) is 5.91 Å². The van der Waals surface area contributed by atoms with Crippen LogP contribution in [-0.4, -0.2) is 48.4 Å². The van der Waals surface area contributed by atoms with E-state index in [1.54, 1.807) is 0 Å². The van der Waals surface area contributed by atoms with Gasteiger partial charge in [0.15, 0.2) is 0 Å². The van der Waals surface area contributed by atoms with Gasteiger partial charge in [0.05, 0.1) is 4.88 Å². The van der Waals surface area contributed by atoms with Crippen LogP contribution in [0.3, 0.4) is 0 Å². The van der Waals surface area contributed by atoms with E-state index in [9.17, 15) is 4.79 Å². The summed E-state index contributed by atoms with van der Waals surface area (Å²) in [5.74, 6) is 0.114. The van der Waals surface area contributed by atoms with Crippen LogP contribution in [0.2, 0.25) is 0 Å². The first kappa shape index (κ1) is 13.9. The number of likely N-dealkylation sites (N-methyl/N-ethyl adjacent to an activating group) is 2. The summed E-state index contributed by atoms with van der Waals surface area (Å²) in [4.78, 5) is 18.2. The molecule has 0 saturated carbocycles. The molecule has 1 unspecified atom stereocenters. The third-order valence-corrected chi connectivity index (χ3v) is 4.88. The van der Waals surface area contributed by atoms with Crippen molar-refractivity contribution in [3.63, 3.8) is 0 Å². The first-order valence-corrected chi connectivity index (χ1v) is 7.71. The molecule has 5 heteroatoms.